The maximum absolute atomic E-state index is 10.9. The third-order valence-corrected chi connectivity index (χ3v) is 2.17. The number of hydrogen-bond donors (Lipinski definition) is 1. The van der Waals surface area contributed by atoms with Gasteiger partial charge in [-0.25, -0.2) is 0 Å². The zero-order chi connectivity index (χ0) is 10.4. The fourth-order valence-electron chi connectivity index (χ4n) is 1.13. The number of nitrogens with zero attached hydrogens (tertiary/aromatic N) is 2. The Morgan fingerprint density at radius 3 is 2.23 bits per heavy atom. The van der Waals surface area contributed by atoms with E-state index in [4.69, 9.17) is 5.11 Å². The minimum Gasteiger partial charge on any atom is -0.480 e. The standard InChI is InChI=1S/C9H20N2O2/c1-5-11(4)8(9(12)13)6-7-10(2)3/h8H,5-7H2,1-4H3,(H,12,13). The van der Waals surface area contributed by atoms with Gasteiger partial charge in [-0.3, -0.25) is 9.69 Å². The average Bonchev–Trinajstić information content (AvgIpc) is 2.03. The topological polar surface area (TPSA) is 43.8 Å². The highest BCUT2D eigenvalue weighted by atomic mass is 16.4. The number of rotatable bonds is 6. The molecule has 0 spiro atoms. The van der Waals surface area contributed by atoms with Gasteiger partial charge in [0.15, 0.2) is 0 Å². The van der Waals surface area contributed by atoms with Gasteiger partial charge in [0.1, 0.15) is 6.04 Å². The fourth-order valence-corrected chi connectivity index (χ4v) is 1.13. The van der Waals surface area contributed by atoms with Gasteiger partial charge in [0.05, 0.1) is 0 Å². The van der Waals surface area contributed by atoms with E-state index in [2.05, 4.69) is 0 Å². The molecule has 0 bridgehead atoms. The minimum absolute atomic E-state index is 0.354. The van der Waals surface area contributed by atoms with Gasteiger partial charge in [-0.05, 0) is 40.7 Å². The number of carboxylic acid groups (broad SMARTS) is 1. The average molecular weight is 188 g/mol. The molecule has 1 unspecified atom stereocenters. The highest BCUT2D eigenvalue weighted by Gasteiger charge is 2.20. The van der Waals surface area contributed by atoms with Crippen LogP contribution in [0.2, 0.25) is 0 Å². The Bertz CT molecular complexity index is 160. The molecule has 0 fully saturated rings. The third-order valence-electron chi connectivity index (χ3n) is 2.17. The summed E-state index contributed by atoms with van der Waals surface area (Å²) in [6, 6.07) is -0.354. The van der Waals surface area contributed by atoms with Crippen molar-refractivity contribution in [3.05, 3.63) is 0 Å². The Labute approximate surface area is 80.1 Å². The monoisotopic (exact) mass is 188 g/mol. The van der Waals surface area contributed by atoms with Gasteiger partial charge < -0.3 is 10.0 Å². The molecule has 0 aliphatic rings. The first kappa shape index (κ1) is 12.4. The Morgan fingerprint density at radius 2 is 1.92 bits per heavy atom. The zero-order valence-corrected chi connectivity index (χ0v) is 8.95. The van der Waals surface area contributed by atoms with E-state index in [1.54, 1.807) is 0 Å². The second-order valence-electron chi connectivity index (χ2n) is 3.52. The van der Waals surface area contributed by atoms with Crippen molar-refractivity contribution >= 4 is 5.97 Å². The van der Waals surface area contributed by atoms with E-state index >= 15 is 0 Å². The first-order valence-corrected chi connectivity index (χ1v) is 4.56. The molecule has 0 heterocycles. The normalized spacial score (nSPS) is 13.7. The number of hydrogen-bond acceptors (Lipinski definition) is 3. The van der Waals surface area contributed by atoms with E-state index in [1.807, 2.05) is 37.9 Å². The highest BCUT2D eigenvalue weighted by Crippen LogP contribution is 2.02. The number of likely N-dealkylation sites (N-methyl/N-ethyl adjacent to an activating group) is 1. The summed E-state index contributed by atoms with van der Waals surface area (Å²) in [6.45, 7) is 3.54. The van der Waals surface area contributed by atoms with Gasteiger partial charge in [0.25, 0.3) is 0 Å². The van der Waals surface area contributed by atoms with Crippen molar-refractivity contribution in [2.45, 2.75) is 19.4 Å². The van der Waals surface area contributed by atoms with Crippen LogP contribution in [0.1, 0.15) is 13.3 Å². The van der Waals surface area contributed by atoms with Crippen LogP contribution in [0.4, 0.5) is 0 Å². The van der Waals surface area contributed by atoms with E-state index in [0.717, 1.165) is 13.1 Å². The molecule has 0 aromatic rings. The zero-order valence-electron chi connectivity index (χ0n) is 8.95. The van der Waals surface area contributed by atoms with Crippen molar-refractivity contribution < 1.29 is 9.90 Å². The second-order valence-corrected chi connectivity index (χ2v) is 3.52. The summed E-state index contributed by atoms with van der Waals surface area (Å²) in [7, 11) is 5.74. The van der Waals surface area contributed by atoms with Crippen molar-refractivity contribution in [2.24, 2.45) is 0 Å². The van der Waals surface area contributed by atoms with Crippen LogP contribution in [0.25, 0.3) is 0 Å². The molecule has 0 aromatic heterocycles. The van der Waals surface area contributed by atoms with Crippen molar-refractivity contribution in [2.75, 3.05) is 34.2 Å². The molecule has 0 saturated heterocycles. The summed E-state index contributed by atoms with van der Waals surface area (Å²) in [6.07, 6.45) is 0.673. The molecule has 0 aliphatic carbocycles. The minimum atomic E-state index is -0.730. The fraction of sp³-hybridized carbons (Fsp3) is 0.889. The van der Waals surface area contributed by atoms with Crippen LogP contribution in [0.3, 0.4) is 0 Å². The molecule has 4 heteroatoms. The molecule has 1 atom stereocenters. The van der Waals surface area contributed by atoms with Crippen LogP contribution in [0.5, 0.6) is 0 Å². The van der Waals surface area contributed by atoms with Crippen molar-refractivity contribution in [3.8, 4) is 0 Å². The lowest BCUT2D eigenvalue weighted by atomic mass is 10.2. The number of carboxylic acids is 1. The smallest absolute Gasteiger partial charge is 0.320 e. The molecule has 0 radical (unpaired) electrons. The molecule has 4 nitrogen and oxygen atoms in total. The van der Waals surface area contributed by atoms with Gasteiger partial charge in [0.2, 0.25) is 0 Å². The van der Waals surface area contributed by atoms with Gasteiger partial charge in [0, 0.05) is 0 Å². The van der Waals surface area contributed by atoms with Crippen LogP contribution >= 0.6 is 0 Å². The van der Waals surface area contributed by atoms with Crippen molar-refractivity contribution in [3.63, 3.8) is 0 Å². The second kappa shape index (κ2) is 5.94. The molecular formula is C9H20N2O2. The Hall–Kier alpha value is -0.610. The molecular weight excluding hydrogens is 168 g/mol. The van der Waals surface area contributed by atoms with Crippen LogP contribution < -0.4 is 0 Å². The highest BCUT2D eigenvalue weighted by molar-refractivity contribution is 5.73. The van der Waals surface area contributed by atoms with Gasteiger partial charge in [-0.15, -0.1) is 0 Å². The summed E-state index contributed by atoms with van der Waals surface area (Å²) in [5.74, 6) is -0.730. The quantitative estimate of drug-likeness (QED) is 0.653. The summed E-state index contributed by atoms with van der Waals surface area (Å²) >= 11 is 0. The largest absolute Gasteiger partial charge is 0.480 e. The van der Waals surface area contributed by atoms with Gasteiger partial charge in [-0.2, -0.15) is 0 Å². The van der Waals surface area contributed by atoms with E-state index in [1.165, 1.54) is 0 Å². The summed E-state index contributed by atoms with van der Waals surface area (Å²) < 4.78 is 0. The summed E-state index contributed by atoms with van der Waals surface area (Å²) in [4.78, 5) is 14.7. The van der Waals surface area contributed by atoms with E-state index in [-0.39, 0.29) is 6.04 Å². The van der Waals surface area contributed by atoms with E-state index < -0.39 is 5.97 Å². The van der Waals surface area contributed by atoms with E-state index in [9.17, 15) is 4.79 Å². The van der Waals surface area contributed by atoms with Crippen LogP contribution in [0.15, 0.2) is 0 Å². The molecule has 0 saturated carbocycles. The predicted molar refractivity (Wildman–Crippen MR) is 52.9 cm³/mol. The molecule has 0 aromatic carbocycles. The van der Waals surface area contributed by atoms with Crippen LogP contribution in [-0.2, 0) is 4.79 Å². The Balaban J connectivity index is 4.02. The third kappa shape index (κ3) is 4.85. The number of aliphatic carboxylic acids is 1. The van der Waals surface area contributed by atoms with Crippen LogP contribution in [-0.4, -0.2) is 61.2 Å². The maximum Gasteiger partial charge on any atom is 0.320 e. The Kier molecular flexibility index (Phi) is 5.66. The number of carbonyl (C=O) groups is 1. The predicted octanol–water partition coefficient (Wildman–Crippen LogP) is 0.343. The SMILES string of the molecule is CCN(C)C(CCN(C)C)C(=O)O. The molecule has 78 valence electrons. The summed E-state index contributed by atoms with van der Waals surface area (Å²) in [5, 5.41) is 8.93. The van der Waals surface area contributed by atoms with Crippen LogP contribution in [0, 0.1) is 0 Å². The lowest BCUT2D eigenvalue weighted by Gasteiger charge is -2.24. The molecule has 0 amide bonds. The molecule has 0 aliphatic heterocycles. The maximum atomic E-state index is 10.9. The van der Waals surface area contributed by atoms with Crippen molar-refractivity contribution in [1.29, 1.82) is 0 Å². The van der Waals surface area contributed by atoms with Gasteiger partial charge >= 0.3 is 5.97 Å². The molecule has 0 rings (SSSR count). The Morgan fingerprint density at radius 1 is 1.38 bits per heavy atom. The first-order chi connectivity index (χ1) is 5.99. The lowest BCUT2D eigenvalue weighted by Crippen LogP contribution is -2.40. The molecule has 13 heavy (non-hydrogen) atoms. The molecule has 1 N–H and O–H groups in total. The van der Waals surface area contributed by atoms with Crippen molar-refractivity contribution in [1.82, 2.24) is 9.80 Å². The summed E-state index contributed by atoms with van der Waals surface area (Å²) in [5.41, 5.74) is 0. The lowest BCUT2D eigenvalue weighted by molar-refractivity contribution is -0.143. The van der Waals surface area contributed by atoms with Gasteiger partial charge in [-0.1, -0.05) is 6.92 Å². The van der Waals surface area contributed by atoms with E-state index in [0.29, 0.717) is 6.42 Å². The first-order valence-electron chi connectivity index (χ1n) is 4.56.